The first-order valence-electron chi connectivity index (χ1n) is 5.47. The zero-order valence-corrected chi connectivity index (χ0v) is 11.6. The Morgan fingerprint density at radius 1 is 1.53 bits per heavy atom. The third kappa shape index (κ3) is 2.57. The lowest BCUT2D eigenvalue weighted by Crippen LogP contribution is -2.43. The zero-order chi connectivity index (χ0) is 12.5. The zero-order valence-electron chi connectivity index (χ0n) is 9.23. The third-order valence-electron chi connectivity index (χ3n) is 3.11. The van der Waals surface area contributed by atoms with E-state index in [1.165, 1.54) is 6.26 Å². The van der Waals surface area contributed by atoms with Crippen molar-refractivity contribution in [2.24, 2.45) is 5.84 Å². The van der Waals surface area contributed by atoms with Gasteiger partial charge in [0.1, 0.15) is 5.76 Å². The summed E-state index contributed by atoms with van der Waals surface area (Å²) in [7, 11) is -3.10. The number of sulfone groups is 1. The van der Waals surface area contributed by atoms with Crippen molar-refractivity contribution in [1.29, 1.82) is 0 Å². The van der Waals surface area contributed by atoms with E-state index in [1.807, 2.05) is 0 Å². The maximum Gasteiger partial charge on any atom is 0.155 e. The van der Waals surface area contributed by atoms with Crippen molar-refractivity contribution in [3.8, 4) is 0 Å². The molecule has 3 N–H and O–H groups in total. The van der Waals surface area contributed by atoms with Gasteiger partial charge in [0.25, 0.3) is 0 Å². The van der Waals surface area contributed by atoms with E-state index in [1.54, 1.807) is 6.07 Å². The van der Waals surface area contributed by atoms with Gasteiger partial charge in [-0.2, -0.15) is 0 Å². The number of nitrogens with two attached hydrogens (primary N) is 1. The SMILES string of the molecule is NNC(c1occc1Br)C1CCCCS1(=O)=O. The normalized spacial score (nSPS) is 25.6. The summed E-state index contributed by atoms with van der Waals surface area (Å²) in [6, 6.07) is 1.24. The van der Waals surface area contributed by atoms with Crippen LogP contribution in [0, 0.1) is 0 Å². The van der Waals surface area contributed by atoms with Gasteiger partial charge in [-0.05, 0) is 34.8 Å². The van der Waals surface area contributed by atoms with Crippen LogP contribution in [0.15, 0.2) is 21.2 Å². The molecule has 1 fully saturated rings. The van der Waals surface area contributed by atoms with Crippen LogP contribution < -0.4 is 11.3 Å². The molecule has 1 aromatic rings. The molecule has 1 aliphatic rings. The van der Waals surface area contributed by atoms with E-state index < -0.39 is 21.1 Å². The lowest BCUT2D eigenvalue weighted by molar-refractivity contribution is 0.379. The molecule has 17 heavy (non-hydrogen) atoms. The number of furan rings is 1. The molecule has 5 nitrogen and oxygen atoms in total. The average molecular weight is 323 g/mol. The van der Waals surface area contributed by atoms with Gasteiger partial charge in [0.15, 0.2) is 9.84 Å². The Hall–Kier alpha value is -0.370. The minimum atomic E-state index is -3.10. The largest absolute Gasteiger partial charge is 0.466 e. The van der Waals surface area contributed by atoms with Crippen LogP contribution in [-0.2, 0) is 9.84 Å². The first-order chi connectivity index (χ1) is 8.06. The predicted molar refractivity (Wildman–Crippen MR) is 67.9 cm³/mol. The smallest absolute Gasteiger partial charge is 0.155 e. The lowest BCUT2D eigenvalue weighted by Gasteiger charge is -2.28. The molecule has 0 amide bonds. The summed E-state index contributed by atoms with van der Waals surface area (Å²) in [4.78, 5) is 0. The molecule has 0 bridgehead atoms. The molecule has 0 spiro atoms. The van der Waals surface area contributed by atoms with Gasteiger partial charge >= 0.3 is 0 Å². The van der Waals surface area contributed by atoms with E-state index in [0.717, 1.165) is 17.3 Å². The Kier molecular flexibility index (Phi) is 3.92. The fourth-order valence-electron chi connectivity index (χ4n) is 2.23. The highest BCUT2D eigenvalue weighted by atomic mass is 79.9. The molecule has 0 aliphatic carbocycles. The molecule has 2 heterocycles. The highest BCUT2D eigenvalue weighted by molar-refractivity contribution is 9.10. The van der Waals surface area contributed by atoms with Crippen LogP contribution >= 0.6 is 15.9 Å². The number of hydrogen-bond donors (Lipinski definition) is 2. The standard InChI is InChI=1S/C10H15BrN2O3S/c11-7-4-5-16-10(7)9(13-12)8-3-1-2-6-17(8,14)15/h4-5,8-9,13H,1-3,6,12H2. The Morgan fingerprint density at radius 3 is 2.82 bits per heavy atom. The second-order valence-electron chi connectivity index (χ2n) is 4.18. The first kappa shape index (κ1) is 13.1. The van der Waals surface area contributed by atoms with Crippen LogP contribution in [0.25, 0.3) is 0 Å². The van der Waals surface area contributed by atoms with Crippen LogP contribution in [0.3, 0.4) is 0 Å². The summed E-state index contributed by atoms with van der Waals surface area (Å²) in [5.41, 5.74) is 2.57. The topological polar surface area (TPSA) is 85.3 Å². The summed E-state index contributed by atoms with van der Waals surface area (Å²) >= 11 is 3.33. The molecule has 2 atom stereocenters. The predicted octanol–water partition coefficient (Wildman–Crippen LogP) is 1.51. The quantitative estimate of drug-likeness (QED) is 0.651. The van der Waals surface area contributed by atoms with Gasteiger partial charge in [0.05, 0.1) is 27.8 Å². The van der Waals surface area contributed by atoms with Gasteiger partial charge in [-0.15, -0.1) is 0 Å². The Bertz CT molecular complexity index is 485. The van der Waals surface area contributed by atoms with Crippen molar-refractivity contribution in [3.05, 3.63) is 22.6 Å². The minimum Gasteiger partial charge on any atom is -0.466 e. The number of rotatable bonds is 3. The van der Waals surface area contributed by atoms with Crippen LogP contribution in [0.4, 0.5) is 0 Å². The third-order valence-corrected chi connectivity index (χ3v) is 6.05. The number of nitrogens with one attached hydrogen (secondary N) is 1. The van der Waals surface area contributed by atoms with E-state index in [4.69, 9.17) is 10.3 Å². The van der Waals surface area contributed by atoms with Gasteiger partial charge in [0, 0.05) is 0 Å². The Labute approximate surface area is 109 Å². The van der Waals surface area contributed by atoms with E-state index in [-0.39, 0.29) is 5.75 Å². The minimum absolute atomic E-state index is 0.230. The maximum absolute atomic E-state index is 12.0. The molecule has 1 aromatic heterocycles. The van der Waals surface area contributed by atoms with Crippen molar-refractivity contribution in [2.45, 2.75) is 30.6 Å². The summed E-state index contributed by atoms with van der Waals surface area (Å²) in [6.07, 6.45) is 3.76. The molecular weight excluding hydrogens is 308 g/mol. The highest BCUT2D eigenvalue weighted by Crippen LogP contribution is 2.34. The molecule has 0 saturated carbocycles. The van der Waals surface area contributed by atoms with E-state index in [0.29, 0.717) is 12.2 Å². The van der Waals surface area contributed by atoms with Gasteiger partial charge in [-0.3, -0.25) is 5.84 Å². The van der Waals surface area contributed by atoms with Crippen molar-refractivity contribution in [2.75, 3.05) is 5.75 Å². The summed E-state index contributed by atoms with van der Waals surface area (Å²) in [5, 5.41) is -0.510. The molecular formula is C10H15BrN2O3S. The molecule has 96 valence electrons. The van der Waals surface area contributed by atoms with Crippen LogP contribution in [0.5, 0.6) is 0 Å². The molecule has 1 saturated heterocycles. The van der Waals surface area contributed by atoms with Crippen LogP contribution in [0.2, 0.25) is 0 Å². The van der Waals surface area contributed by atoms with Gasteiger partial charge < -0.3 is 4.42 Å². The lowest BCUT2D eigenvalue weighted by atomic mass is 10.1. The van der Waals surface area contributed by atoms with Crippen molar-refractivity contribution >= 4 is 25.8 Å². The number of halogens is 1. The molecule has 2 unspecified atom stereocenters. The summed E-state index contributed by atoms with van der Waals surface area (Å²) in [5.74, 6) is 6.26. The Balaban J connectivity index is 2.33. The van der Waals surface area contributed by atoms with Gasteiger partial charge in [-0.1, -0.05) is 6.42 Å². The van der Waals surface area contributed by atoms with Gasteiger partial charge in [-0.25, -0.2) is 13.8 Å². The van der Waals surface area contributed by atoms with Gasteiger partial charge in [0.2, 0.25) is 0 Å². The second-order valence-corrected chi connectivity index (χ2v) is 7.37. The maximum atomic E-state index is 12.0. The number of hydrazine groups is 1. The van der Waals surface area contributed by atoms with Crippen LogP contribution in [-0.4, -0.2) is 19.4 Å². The van der Waals surface area contributed by atoms with E-state index in [2.05, 4.69) is 21.4 Å². The molecule has 7 heteroatoms. The molecule has 1 aliphatic heterocycles. The molecule has 0 radical (unpaired) electrons. The summed E-state index contributed by atoms with van der Waals surface area (Å²) < 4.78 is 30.1. The van der Waals surface area contributed by atoms with Crippen LogP contribution in [0.1, 0.15) is 31.1 Å². The summed E-state index contributed by atoms with van der Waals surface area (Å²) in [6.45, 7) is 0. The van der Waals surface area contributed by atoms with Crippen molar-refractivity contribution in [3.63, 3.8) is 0 Å². The van der Waals surface area contributed by atoms with E-state index >= 15 is 0 Å². The molecule has 0 aromatic carbocycles. The fraction of sp³-hybridized carbons (Fsp3) is 0.600. The second kappa shape index (κ2) is 5.09. The van der Waals surface area contributed by atoms with Crippen molar-refractivity contribution in [1.82, 2.24) is 5.43 Å². The van der Waals surface area contributed by atoms with Crippen molar-refractivity contribution < 1.29 is 12.8 Å². The van der Waals surface area contributed by atoms with E-state index in [9.17, 15) is 8.42 Å². The Morgan fingerprint density at radius 2 is 2.29 bits per heavy atom. The monoisotopic (exact) mass is 322 g/mol. The average Bonchev–Trinajstić information content (AvgIpc) is 2.68. The number of hydrogen-bond acceptors (Lipinski definition) is 5. The molecule has 2 rings (SSSR count). The fourth-order valence-corrected chi connectivity index (χ4v) is 4.73. The first-order valence-corrected chi connectivity index (χ1v) is 7.97. The highest BCUT2D eigenvalue weighted by Gasteiger charge is 2.38.